The average Bonchev–Trinajstić information content (AvgIpc) is 2.95. The van der Waals surface area contributed by atoms with E-state index in [0.717, 1.165) is 6.42 Å². The molecule has 2 aliphatic rings. The molecule has 1 heterocycles. The zero-order valence-corrected chi connectivity index (χ0v) is 13.8. The smallest absolute Gasteiger partial charge is 0.258 e. The molecule has 8 heteroatoms. The van der Waals surface area contributed by atoms with Crippen molar-refractivity contribution in [3.8, 4) is 5.75 Å². The maximum atomic E-state index is 12.8. The number of benzene rings is 1. The number of carbonyl (C=O) groups is 2. The molecular formula is C17H22FN3O4. The maximum absolute atomic E-state index is 12.8. The molecule has 3 rings (SSSR count). The van der Waals surface area contributed by atoms with Crippen LogP contribution in [0.2, 0.25) is 0 Å². The van der Waals surface area contributed by atoms with Crippen molar-refractivity contribution in [1.29, 1.82) is 0 Å². The number of hydrogen-bond acceptors (Lipinski definition) is 5. The van der Waals surface area contributed by atoms with E-state index < -0.39 is 6.10 Å². The highest BCUT2D eigenvalue weighted by atomic mass is 19.1. The minimum Gasteiger partial charge on any atom is -0.484 e. The summed E-state index contributed by atoms with van der Waals surface area (Å²) >= 11 is 0. The van der Waals surface area contributed by atoms with Gasteiger partial charge in [-0.05, 0) is 37.1 Å². The van der Waals surface area contributed by atoms with E-state index >= 15 is 0 Å². The Balaban J connectivity index is 1.47. The Hall–Kier alpha value is -2.19. The van der Waals surface area contributed by atoms with Gasteiger partial charge in [0.1, 0.15) is 11.6 Å². The lowest BCUT2D eigenvalue weighted by atomic mass is 10.1. The Bertz CT molecular complexity index is 625. The molecule has 136 valence electrons. The largest absolute Gasteiger partial charge is 0.484 e. The third-order valence-electron chi connectivity index (χ3n) is 4.65. The summed E-state index contributed by atoms with van der Waals surface area (Å²) in [7, 11) is 0. The van der Waals surface area contributed by atoms with Crippen molar-refractivity contribution in [2.45, 2.75) is 31.0 Å². The monoisotopic (exact) mass is 351 g/mol. The average molecular weight is 351 g/mol. The second kappa shape index (κ2) is 7.79. The molecule has 0 bridgehead atoms. The van der Waals surface area contributed by atoms with E-state index in [1.165, 1.54) is 24.3 Å². The molecule has 25 heavy (non-hydrogen) atoms. The fourth-order valence-corrected chi connectivity index (χ4v) is 3.39. The second-order valence-corrected chi connectivity index (χ2v) is 6.37. The number of piperazine rings is 1. The molecule has 0 radical (unpaired) electrons. The highest BCUT2D eigenvalue weighted by Gasteiger charge is 2.40. The lowest BCUT2D eigenvalue weighted by molar-refractivity contribution is -0.127. The van der Waals surface area contributed by atoms with Crippen molar-refractivity contribution < 1.29 is 23.8 Å². The number of hydrogen-bond donors (Lipinski definition) is 3. The van der Waals surface area contributed by atoms with E-state index in [9.17, 15) is 19.1 Å². The first-order chi connectivity index (χ1) is 12.0. The number of rotatable bonds is 5. The molecule has 3 atom stereocenters. The molecule has 0 aromatic heterocycles. The van der Waals surface area contributed by atoms with E-state index in [4.69, 9.17) is 4.74 Å². The molecule has 2 fully saturated rings. The highest BCUT2D eigenvalue weighted by molar-refractivity contribution is 5.79. The van der Waals surface area contributed by atoms with Crippen LogP contribution in [0.4, 0.5) is 4.39 Å². The van der Waals surface area contributed by atoms with Gasteiger partial charge in [-0.1, -0.05) is 0 Å². The number of ether oxygens (including phenoxy) is 1. The predicted octanol–water partition coefficient (Wildman–Crippen LogP) is -0.356. The van der Waals surface area contributed by atoms with Crippen LogP contribution in [-0.4, -0.2) is 66.2 Å². The van der Waals surface area contributed by atoms with Crippen LogP contribution in [0.15, 0.2) is 24.3 Å². The Labute approximate surface area is 145 Å². The van der Waals surface area contributed by atoms with Crippen molar-refractivity contribution >= 4 is 11.8 Å². The summed E-state index contributed by atoms with van der Waals surface area (Å²) in [6.45, 7) is 1.34. The van der Waals surface area contributed by atoms with Gasteiger partial charge in [-0.3, -0.25) is 14.5 Å². The molecule has 3 N–H and O–H groups in total. The van der Waals surface area contributed by atoms with E-state index in [0.29, 0.717) is 25.3 Å². The number of halogens is 1. The second-order valence-electron chi connectivity index (χ2n) is 6.37. The van der Waals surface area contributed by atoms with Gasteiger partial charge in [-0.2, -0.15) is 0 Å². The van der Waals surface area contributed by atoms with Crippen molar-refractivity contribution in [1.82, 2.24) is 15.5 Å². The Morgan fingerprint density at radius 1 is 1.36 bits per heavy atom. The van der Waals surface area contributed by atoms with Gasteiger partial charge >= 0.3 is 0 Å². The Kier molecular flexibility index (Phi) is 5.50. The predicted molar refractivity (Wildman–Crippen MR) is 87.4 cm³/mol. The standard InChI is InChI=1S/C17H22FN3O4/c18-11-1-3-12(4-2-11)25-10-16(23)20-13-5-6-14(17(13)24)21-8-7-19-15(22)9-21/h1-4,13-14,17,24H,5-10H2,(H,19,22)(H,20,23)/t13-,14-,17-/m1/s1. The first-order valence-corrected chi connectivity index (χ1v) is 8.39. The van der Waals surface area contributed by atoms with Crippen LogP contribution in [0.5, 0.6) is 5.75 Å². The van der Waals surface area contributed by atoms with E-state index in [1.807, 2.05) is 4.90 Å². The summed E-state index contributed by atoms with van der Waals surface area (Å²) in [5.41, 5.74) is 0. The first-order valence-electron chi connectivity index (χ1n) is 8.39. The maximum Gasteiger partial charge on any atom is 0.258 e. The number of nitrogens with one attached hydrogen (secondary N) is 2. The molecule has 1 aromatic carbocycles. The van der Waals surface area contributed by atoms with Gasteiger partial charge in [0.05, 0.1) is 18.7 Å². The van der Waals surface area contributed by atoms with Gasteiger partial charge in [0.2, 0.25) is 5.91 Å². The minimum atomic E-state index is -0.722. The summed E-state index contributed by atoms with van der Waals surface area (Å²) in [4.78, 5) is 25.5. The third kappa shape index (κ3) is 4.46. The molecule has 0 spiro atoms. The molecule has 1 saturated carbocycles. The van der Waals surface area contributed by atoms with Crippen molar-refractivity contribution in [2.24, 2.45) is 0 Å². The van der Waals surface area contributed by atoms with E-state index in [1.54, 1.807) is 0 Å². The number of amides is 2. The van der Waals surface area contributed by atoms with Gasteiger partial charge in [0.15, 0.2) is 6.61 Å². The fraction of sp³-hybridized carbons (Fsp3) is 0.529. The van der Waals surface area contributed by atoms with Gasteiger partial charge in [-0.25, -0.2) is 4.39 Å². The van der Waals surface area contributed by atoms with Crippen molar-refractivity contribution in [2.75, 3.05) is 26.2 Å². The summed E-state index contributed by atoms with van der Waals surface area (Å²) < 4.78 is 18.1. The number of carbonyl (C=O) groups excluding carboxylic acids is 2. The number of aliphatic hydroxyl groups excluding tert-OH is 1. The Morgan fingerprint density at radius 2 is 2.12 bits per heavy atom. The highest BCUT2D eigenvalue weighted by Crippen LogP contribution is 2.25. The van der Waals surface area contributed by atoms with Crippen LogP contribution < -0.4 is 15.4 Å². The van der Waals surface area contributed by atoms with Crippen molar-refractivity contribution in [3.63, 3.8) is 0 Å². The van der Waals surface area contributed by atoms with Crippen LogP contribution in [0.25, 0.3) is 0 Å². The molecule has 1 aromatic rings. The van der Waals surface area contributed by atoms with Gasteiger partial charge < -0.3 is 20.5 Å². The number of aliphatic hydroxyl groups is 1. The summed E-state index contributed by atoms with van der Waals surface area (Å²) in [5, 5.41) is 16.0. The topological polar surface area (TPSA) is 90.9 Å². The van der Waals surface area contributed by atoms with Crippen LogP contribution in [0, 0.1) is 5.82 Å². The lowest BCUT2D eigenvalue weighted by Gasteiger charge is -2.34. The lowest BCUT2D eigenvalue weighted by Crippen LogP contribution is -2.55. The summed E-state index contributed by atoms with van der Waals surface area (Å²) in [5.74, 6) is -0.354. The summed E-state index contributed by atoms with van der Waals surface area (Å²) in [6, 6.07) is 4.92. The SMILES string of the molecule is O=C1CN([C@@H]2CC[C@@H](NC(=O)COc3ccc(F)cc3)[C@H]2O)CCN1. The Morgan fingerprint density at radius 3 is 2.84 bits per heavy atom. The number of nitrogens with zero attached hydrogens (tertiary/aromatic N) is 1. The molecule has 2 amide bonds. The van der Waals surface area contributed by atoms with Crippen LogP contribution >= 0.6 is 0 Å². The minimum absolute atomic E-state index is 0.0429. The van der Waals surface area contributed by atoms with E-state index in [-0.39, 0.29) is 42.9 Å². The van der Waals surface area contributed by atoms with E-state index in [2.05, 4.69) is 10.6 Å². The fourth-order valence-electron chi connectivity index (χ4n) is 3.39. The zero-order chi connectivity index (χ0) is 17.8. The molecule has 7 nitrogen and oxygen atoms in total. The van der Waals surface area contributed by atoms with Crippen LogP contribution in [0.3, 0.4) is 0 Å². The van der Waals surface area contributed by atoms with Gasteiger partial charge in [0.25, 0.3) is 5.91 Å². The molecule has 1 aliphatic carbocycles. The quantitative estimate of drug-likeness (QED) is 0.674. The van der Waals surface area contributed by atoms with Gasteiger partial charge in [-0.15, -0.1) is 0 Å². The molecule has 1 aliphatic heterocycles. The van der Waals surface area contributed by atoms with Crippen LogP contribution in [-0.2, 0) is 9.59 Å². The molecule has 1 saturated heterocycles. The van der Waals surface area contributed by atoms with Crippen LogP contribution in [0.1, 0.15) is 12.8 Å². The molecule has 0 unspecified atom stereocenters. The van der Waals surface area contributed by atoms with Gasteiger partial charge in [0, 0.05) is 19.1 Å². The third-order valence-corrected chi connectivity index (χ3v) is 4.65. The molecular weight excluding hydrogens is 329 g/mol. The first kappa shape index (κ1) is 17.6. The normalized spacial score (nSPS) is 27.0. The van der Waals surface area contributed by atoms with Crippen molar-refractivity contribution in [3.05, 3.63) is 30.1 Å². The zero-order valence-electron chi connectivity index (χ0n) is 13.8. The summed E-state index contributed by atoms with van der Waals surface area (Å²) in [6.07, 6.45) is 0.644.